The van der Waals surface area contributed by atoms with Crippen molar-refractivity contribution in [1.82, 2.24) is 20.5 Å². The predicted molar refractivity (Wildman–Crippen MR) is 115 cm³/mol. The van der Waals surface area contributed by atoms with E-state index >= 15 is 0 Å². The third-order valence-corrected chi connectivity index (χ3v) is 5.26. The van der Waals surface area contributed by atoms with Crippen LogP contribution >= 0.6 is 35.3 Å². The zero-order valence-corrected chi connectivity index (χ0v) is 18.5. The molecule has 2 N–H and O–H groups in total. The molecule has 0 aliphatic carbocycles. The van der Waals surface area contributed by atoms with Crippen molar-refractivity contribution in [3.05, 3.63) is 16.1 Å². The van der Waals surface area contributed by atoms with Crippen molar-refractivity contribution in [3.8, 4) is 0 Å². The second-order valence-electron chi connectivity index (χ2n) is 6.70. The molecule has 0 radical (unpaired) electrons. The highest BCUT2D eigenvalue weighted by Crippen LogP contribution is 2.17. The van der Waals surface area contributed by atoms with Gasteiger partial charge in [0, 0.05) is 25.5 Å². The molecule has 1 aliphatic heterocycles. The first-order valence-electron chi connectivity index (χ1n) is 8.69. The number of piperidine rings is 1. The number of halogens is 1. The molecule has 0 amide bonds. The Morgan fingerprint density at radius 2 is 2.08 bits per heavy atom. The van der Waals surface area contributed by atoms with Crippen molar-refractivity contribution >= 4 is 41.3 Å². The summed E-state index contributed by atoms with van der Waals surface area (Å²) in [6.07, 6.45) is 2.66. The molecule has 24 heavy (non-hydrogen) atoms. The van der Waals surface area contributed by atoms with Gasteiger partial charge in [-0.1, -0.05) is 20.8 Å². The van der Waals surface area contributed by atoms with E-state index in [-0.39, 0.29) is 24.0 Å². The molecule has 1 aliphatic rings. The lowest BCUT2D eigenvalue weighted by molar-refractivity contribution is 0.195. The first-order valence-corrected chi connectivity index (χ1v) is 9.57. The van der Waals surface area contributed by atoms with Gasteiger partial charge in [0.2, 0.25) is 0 Å². The van der Waals surface area contributed by atoms with Gasteiger partial charge in [-0.05, 0) is 37.8 Å². The van der Waals surface area contributed by atoms with Crippen LogP contribution in [0, 0.1) is 5.92 Å². The SMILES string of the molecule is CN=C(NCCN1CCC(C)CC1)NCc1nc(C(C)C)cs1.I. The number of likely N-dealkylation sites (tertiary alicyclic amines) is 1. The van der Waals surface area contributed by atoms with E-state index < -0.39 is 0 Å². The minimum absolute atomic E-state index is 0. The average Bonchev–Trinajstić information content (AvgIpc) is 3.01. The van der Waals surface area contributed by atoms with Crippen LogP contribution in [0.15, 0.2) is 10.4 Å². The fourth-order valence-corrected chi connectivity index (χ4v) is 3.56. The molecule has 1 aromatic heterocycles. The molecule has 0 aromatic carbocycles. The smallest absolute Gasteiger partial charge is 0.191 e. The number of nitrogens with one attached hydrogen (secondary N) is 2. The number of thiazole rings is 1. The van der Waals surface area contributed by atoms with Crippen LogP contribution < -0.4 is 10.6 Å². The first kappa shape index (κ1) is 21.6. The second-order valence-corrected chi connectivity index (χ2v) is 7.64. The lowest BCUT2D eigenvalue weighted by Crippen LogP contribution is -2.43. The van der Waals surface area contributed by atoms with Gasteiger partial charge in [0.15, 0.2) is 5.96 Å². The average molecular weight is 465 g/mol. The van der Waals surface area contributed by atoms with Crippen molar-refractivity contribution in [3.63, 3.8) is 0 Å². The van der Waals surface area contributed by atoms with Gasteiger partial charge in [0.1, 0.15) is 5.01 Å². The Bertz CT molecular complexity index is 495. The van der Waals surface area contributed by atoms with Gasteiger partial charge < -0.3 is 15.5 Å². The number of nitrogens with zero attached hydrogens (tertiary/aromatic N) is 3. The monoisotopic (exact) mass is 465 g/mol. The quantitative estimate of drug-likeness (QED) is 0.385. The highest BCUT2D eigenvalue weighted by molar-refractivity contribution is 14.0. The van der Waals surface area contributed by atoms with Gasteiger partial charge in [-0.3, -0.25) is 4.99 Å². The molecule has 0 unspecified atom stereocenters. The summed E-state index contributed by atoms with van der Waals surface area (Å²) >= 11 is 1.71. The van der Waals surface area contributed by atoms with E-state index in [1.807, 2.05) is 7.05 Å². The molecule has 1 fully saturated rings. The Hall–Kier alpha value is -0.410. The van der Waals surface area contributed by atoms with E-state index in [4.69, 9.17) is 0 Å². The molecule has 1 saturated heterocycles. The maximum Gasteiger partial charge on any atom is 0.191 e. The molecule has 2 rings (SSSR count). The second kappa shape index (κ2) is 11.3. The molecule has 0 atom stereocenters. The number of hydrogen-bond donors (Lipinski definition) is 2. The summed E-state index contributed by atoms with van der Waals surface area (Å²) in [6, 6.07) is 0. The Kier molecular flexibility index (Phi) is 10.1. The molecule has 2 heterocycles. The van der Waals surface area contributed by atoms with Crippen LogP contribution in [-0.4, -0.2) is 49.1 Å². The molecule has 1 aromatic rings. The van der Waals surface area contributed by atoms with Gasteiger partial charge in [0.05, 0.1) is 12.2 Å². The van der Waals surface area contributed by atoms with Crippen LogP contribution in [0.3, 0.4) is 0 Å². The van der Waals surface area contributed by atoms with Crippen LogP contribution in [0.2, 0.25) is 0 Å². The topological polar surface area (TPSA) is 52.6 Å². The van der Waals surface area contributed by atoms with E-state index in [0.29, 0.717) is 5.92 Å². The zero-order valence-electron chi connectivity index (χ0n) is 15.3. The van der Waals surface area contributed by atoms with Crippen LogP contribution in [0.5, 0.6) is 0 Å². The number of hydrogen-bond acceptors (Lipinski definition) is 4. The van der Waals surface area contributed by atoms with Gasteiger partial charge in [0.25, 0.3) is 0 Å². The van der Waals surface area contributed by atoms with Gasteiger partial charge >= 0.3 is 0 Å². The minimum atomic E-state index is 0. The highest BCUT2D eigenvalue weighted by Gasteiger charge is 2.15. The molecule has 0 saturated carbocycles. The van der Waals surface area contributed by atoms with Crippen molar-refractivity contribution in [1.29, 1.82) is 0 Å². The summed E-state index contributed by atoms with van der Waals surface area (Å²) in [5.41, 5.74) is 1.18. The van der Waals surface area contributed by atoms with Crippen LogP contribution in [0.4, 0.5) is 0 Å². The third kappa shape index (κ3) is 7.23. The van der Waals surface area contributed by atoms with E-state index in [1.165, 1.54) is 31.6 Å². The van der Waals surface area contributed by atoms with Crippen LogP contribution in [0.1, 0.15) is 50.2 Å². The summed E-state index contributed by atoms with van der Waals surface area (Å²) < 4.78 is 0. The number of aromatic nitrogens is 1. The molecule has 138 valence electrons. The standard InChI is InChI=1S/C17H31N5S.HI/c1-13(2)15-12-23-16(21-15)11-20-17(18-4)19-7-10-22-8-5-14(3)6-9-22;/h12-14H,5-11H2,1-4H3,(H2,18,19,20);1H. The Balaban J connectivity index is 0.00000288. The summed E-state index contributed by atoms with van der Waals surface area (Å²) in [4.78, 5) is 11.5. The van der Waals surface area contributed by atoms with Crippen molar-refractivity contribution in [2.75, 3.05) is 33.2 Å². The largest absolute Gasteiger partial charge is 0.355 e. The highest BCUT2D eigenvalue weighted by atomic mass is 127. The third-order valence-electron chi connectivity index (χ3n) is 4.39. The summed E-state index contributed by atoms with van der Waals surface area (Å²) in [7, 11) is 1.82. The first-order chi connectivity index (χ1) is 11.1. The van der Waals surface area contributed by atoms with Crippen LogP contribution in [0.25, 0.3) is 0 Å². The molecule has 7 heteroatoms. The van der Waals surface area contributed by atoms with Gasteiger partial charge in [-0.2, -0.15) is 0 Å². The van der Waals surface area contributed by atoms with Gasteiger partial charge in [-0.25, -0.2) is 4.98 Å². The summed E-state index contributed by atoms with van der Waals surface area (Å²) in [5, 5.41) is 10.0. The molecule has 0 bridgehead atoms. The summed E-state index contributed by atoms with van der Waals surface area (Å²) in [6.45, 7) is 11.9. The van der Waals surface area contributed by atoms with E-state index in [0.717, 1.165) is 36.5 Å². The molecule has 5 nitrogen and oxygen atoms in total. The van der Waals surface area contributed by atoms with E-state index in [9.17, 15) is 0 Å². The minimum Gasteiger partial charge on any atom is -0.355 e. The molecular weight excluding hydrogens is 433 g/mol. The molecular formula is C17H32IN5S. The number of aliphatic imine (C=N–C) groups is 1. The van der Waals surface area contributed by atoms with Crippen LogP contribution in [-0.2, 0) is 6.54 Å². The summed E-state index contributed by atoms with van der Waals surface area (Å²) in [5.74, 6) is 2.24. The Morgan fingerprint density at radius 1 is 1.38 bits per heavy atom. The predicted octanol–water partition coefficient (Wildman–Crippen LogP) is 3.28. The van der Waals surface area contributed by atoms with E-state index in [1.54, 1.807) is 11.3 Å². The maximum absolute atomic E-state index is 4.64. The van der Waals surface area contributed by atoms with Crippen molar-refractivity contribution < 1.29 is 0 Å². The Labute approximate surface area is 167 Å². The maximum atomic E-state index is 4.64. The lowest BCUT2D eigenvalue weighted by atomic mass is 9.99. The normalized spacial score (nSPS) is 17.0. The Morgan fingerprint density at radius 3 is 2.67 bits per heavy atom. The zero-order chi connectivity index (χ0) is 16.7. The fourth-order valence-electron chi connectivity index (χ4n) is 2.67. The lowest BCUT2D eigenvalue weighted by Gasteiger charge is -2.30. The van der Waals surface area contributed by atoms with Crippen molar-refractivity contribution in [2.24, 2.45) is 10.9 Å². The molecule has 0 spiro atoms. The van der Waals surface area contributed by atoms with Gasteiger partial charge in [-0.15, -0.1) is 35.3 Å². The number of rotatable bonds is 6. The van der Waals surface area contributed by atoms with E-state index in [2.05, 4.69) is 51.7 Å². The fraction of sp³-hybridized carbons (Fsp3) is 0.765. The van der Waals surface area contributed by atoms with Crippen molar-refractivity contribution in [2.45, 2.75) is 46.1 Å². The number of guanidine groups is 1.